The summed E-state index contributed by atoms with van der Waals surface area (Å²) in [4.78, 5) is 29.3. The number of piperidine rings is 1. The third-order valence-corrected chi connectivity index (χ3v) is 6.79. The molecule has 1 aromatic rings. The van der Waals surface area contributed by atoms with Crippen molar-refractivity contribution in [3.05, 3.63) is 34.9 Å². The second-order valence-electron chi connectivity index (χ2n) is 7.80. The number of halogens is 1. The Morgan fingerprint density at radius 1 is 1.08 bits per heavy atom. The van der Waals surface area contributed by atoms with Gasteiger partial charge < -0.3 is 9.80 Å². The summed E-state index contributed by atoms with van der Waals surface area (Å²) < 4.78 is 0. The Bertz CT molecular complexity index is 661. The van der Waals surface area contributed by atoms with Gasteiger partial charge in [0.2, 0.25) is 5.91 Å². The molecule has 3 rings (SSSR count). The molecule has 0 aromatic heterocycles. The first-order valence-corrected chi connectivity index (χ1v) is 10.1. The van der Waals surface area contributed by atoms with Crippen LogP contribution in [-0.4, -0.2) is 51.9 Å². The zero-order chi connectivity index (χ0) is 18.2. The zero-order valence-corrected chi connectivity index (χ0v) is 16.6. The number of carbonyl (C=O) groups excluding carboxylic acids is 2. The van der Waals surface area contributed by atoms with E-state index in [1.807, 2.05) is 42.3 Å². The number of hydrogen-bond donors (Lipinski definition) is 0. The van der Waals surface area contributed by atoms with Gasteiger partial charge in [-0.1, -0.05) is 32.4 Å². The monoisotopic (exact) mass is 380 g/mol. The maximum atomic E-state index is 13.0. The Kier molecular flexibility index (Phi) is 5.09. The van der Waals surface area contributed by atoms with Crippen LogP contribution >= 0.6 is 23.4 Å². The lowest BCUT2D eigenvalue weighted by Crippen LogP contribution is -2.55. The second kappa shape index (κ2) is 6.84. The average molecular weight is 381 g/mol. The number of likely N-dealkylation sites (tertiary alicyclic amines) is 1. The van der Waals surface area contributed by atoms with Gasteiger partial charge in [0.25, 0.3) is 5.91 Å². The molecule has 2 fully saturated rings. The van der Waals surface area contributed by atoms with E-state index in [9.17, 15) is 9.59 Å². The van der Waals surface area contributed by atoms with E-state index in [2.05, 4.69) is 0 Å². The molecule has 0 atom stereocenters. The molecule has 4 nitrogen and oxygen atoms in total. The Hall–Kier alpha value is -1.20. The van der Waals surface area contributed by atoms with E-state index in [1.165, 1.54) is 0 Å². The van der Waals surface area contributed by atoms with Crippen LogP contribution in [0.4, 0.5) is 0 Å². The normalized spacial score (nSPS) is 20.2. The third-order valence-electron chi connectivity index (χ3n) is 4.99. The van der Waals surface area contributed by atoms with Crippen LogP contribution in [0.5, 0.6) is 0 Å². The first-order valence-electron chi connectivity index (χ1n) is 8.74. The first kappa shape index (κ1) is 18.6. The fourth-order valence-corrected chi connectivity index (χ4v) is 5.17. The highest BCUT2D eigenvalue weighted by Crippen LogP contribution is 2.45. The number of hydrogen-bond acceptors (Lipinski definition) is 3. The van der Waals surface area contributed by atoms with E-state index >= 15 is 0 Å². The van der Waals surface area contributed by atoms with Crippen molar-refractivity contribution in [2.45, 2.75) is 38.5 Å². The molecule has 0 radical (unpaired) electrons. The Balaban J connectivity index is 1.73. The molecule has 25 heavy (non-hydrogen) atoms. The van der Waals surface area contributed by atoms with Crippen LogP contribution in [0.15, 0.2) is 24.3 Å². The van der Waals surface area contributed by atoms with Crippen molar-refractivity contribution in [2.75, 3.05) is 25.4 Å². The van der Waals surface area contributed by atoms with Crippen LogP contribution in [0.25, 0.3) is 0 Å². The second-order valence-corrected chi connectivity index (χ2v) is 9.69. The fourth-order valence-electron chi connectivity index (χ4n) is 3.59. The maximum absolute atomic E-state index is 13.0. The Morgan fingerprint density at radius 3 is 2.24 bits per heavy atom. The summed E-state index contributed by atoms with van der Waals surface area (Å²) in [6.45, 7) is 8.07. The molecular formula is C19H25ClN2O2S. The van der Waals surface area contributed by atoms with Crippen molar-refractivity contribution >= 4 is 35.2 Å². The number of benzene rings is 1. The van der Waals surface area contributed by atoms with Crippen LogP contribution in [0.2, 0.25) is 5.02 Å². The molecule has 2 heterocycles. The predicted molar refractivity (Wildman–Crippen MR) is 103 cm³/mol. The van der Waals surface area contributed by atoms with Gasteiger partial charge in [-0.25, -0.2) is 0 Å². The van der Waals surface area contributed by atoms with E-state index in [0.29, 0.717) is 23.7 Å². The fraction of sp³-hybridized carbons (Fsp3) is 0.579. The zero-order valence-electron chi connectivity index (χ0n) is 15.0. The summed E-state index contributed by atoms with van der Waals surface area (Å²) in [7, 11) is 0. The van der Waals surface area contributed by atoms with Crippen LogP contribution in [-0.2, 0) is 4.79 Å². The lowest BCUT2D eigenvalue weighted by atomic mass is 9.92. The van der Waals surface area contributed by atoms with Crippen LogP contribution in [0.3, 0.4) is 0 Å². The molecule has 2 aliphatic heterocycles. The van der Waals surface area contributed by atoms with Crippen molar-refractivity contribution in [2.24, 2.45) is 5.41 Å². The third kappa shape index (κ3) is 3.68. The molecule has 1 aromatic carbocycles. The number of carbonyl (C=O) groups is 2. The molecule has 136 valence electrons. The van der Waals surface area contributed by atoms with Gasteiger partial charge in [-0.15, -0.1) is 11.8 Å². The maximum Gasteiger partial charge on any atom is 0.254 e. The number of amides is 2. The van der Waals surface area contributed by atoms with Crippen LogP contribution < -0.4 is 0 Å². The highest BCUT2D eigenvalue weighted by molar-refractivity contribution is 8.00. The molecule has 0 bridgehead atoms. The van der Waals surface area contributed by atoms with E-state index in [-0.39, 0.29) is 22.1 Å². The molecule has 0 unspecified atom stereocenters. The topological polar surface area (TPSA) is 40.6 Å². The SMILES string of the molecule is CC(C)(C)C(=O)N1CCC2(CC1)SCCN2C(=O)c1ccc(Cl)cc1. The summed E-state index contributed by atoms with van der Waals surface area (Å²) in [6, 6.07) is 7.10. The van der Waals surface area contributed by atoms with Crippen molar-refractivity contribution < 1.29 is 9.59 Å². The highest BCUT2D eigenvalue weighted by atomic mass is 35.5. The van der Waals surface area contributed by atoms with Gasteiger partial charge in [0.05, 0.1) is 4.87 Å². The molecule has 0 N–H and O–H groups in total. The first-order chi connectivity index (χ1) is 11.7. The summed E-state index contributed by atoms with van der Waals surface area (Å²) >= 11 is 7.80. The van der Waals surface area contributed by atoms with Gasteiger partial charge in [0.1, 0.15) is 0 Å². The minimum Gasteiger partial charge on any atom is -0.342 e. The van der Waals surface area contributed by atoms with Gasteiger partial charge >= 0.3 is 0 Å². The highest BCUT2D eigenvalue weighted by Gasteiger charge is 2.47. The van der Waals surface area contributed by atoms with E-state index in [4.69, 9.17) is 11.6 Å². The quantitative estimate of drug-likeness (QED) is 0.742. The van der Waals surface area contributed by atoms with Crippen LogP contribution in [0, 0.1) is 5.41 Å². The minimum absolute atomic E-state index is 0.0669. The smallest absolute Gasteiger partial charge is 0.254 e. The summed E-state index contributed by atoms with van der Waals surface area (Å²) in [6.07, 6.45) is 1.66. The lowest BCUT2D eigenvalue weighted by molar-refractivity contribution is -0.141. The Morgan fingerprint density at radius 2 is 1.68 bits per heavy atom. The molecule has 1 spiro atoms. The summed E-state index contributed by atoms with van der Waals surface area (Å²) in [5.74, 6) is 1.21. The van der Waals surface area contributed by atoms with Crippen molar-refractivity contribution in [1.82, 2.24) is 9.80 Å². The molecule has 2 saturated heterocycles. The van der Waals surface area contributed by atoms with Crippen LogP contribution in [0.1, 0.15) is 44.0 Å². The molecule has 0 saturated carbocycles. The number of thioether (sulfide) groups is 1. The van der Waals surface area contributed by atoms with E-state index in [1.54, 1.807) is 24.3 Å². The van der Waals surface area contributed by atoms with E-state index < -0.39 is 0 Å². The molecule has 2 amide bonds. The average Bonchev–Trinajstić information content (AvgIpc) is 2.97. The summed E-state index contributed by atoms with van der Waals surface area (Å²) in [5, 5.41) is 0.635. The molecule has 0 aliphatic carbocycles. The lowest BCUT2D eigenvalue weighted by Gasteiger charge is -2.45. The molecule has 6 heteroatoms. The van der Waals surface area contributed by atoms with E-state index in [0.717, 1.165) is 25.1 Å². The standard InChI is InChI=1S/C19H25ClN2O2S/c1-18(2,3)17(24)21-10-8-19(9-11-21)22(12-13-25-19)16(23)14-4-6-15(20)7-5-14/h4-7H,8-13H2,1-3H3. The largest absolute Gasteiger partial charge is 0.342 e. The van der Waals surface area contributed by atoms with Crippen molar-refractivity contribution in [3.8, 4) is 0 Å². The molecular weight excluding hydrogens is 356 g/mol. The van der Waals surface area contributed by atoms with Gasteiger partial charge in [-0.05, 0) is 37.1 Å². The number of rotatable bonds is 1. The van der Waals surface area contributed by atoms with Gasteiger partial charge in [0, 0.05) is 41.4 Å². The van der Waals surface area contributed by atoms with Crippen molar-refractivity contribution in [1.29, 1.82) is 0 Å². The number of nitrogens with zero attached hydrogens (tertiary/aromatic N) is 2. The minimum atomic E-state index is -0.355. The predicted octanol–water partition coefficient (Wildman–Crippen LogP) is 3.89. The Labute approximate surface area is 158 Å². The van der Waals surface area contributed by atoms with Gasteiger partial charge in [0.15, 0.2) is 0 Å². The van der Waals surface area contributed by atoms with Gasteiger partial charge in [-0.2, -0.15) is 0 Å². The summed E-state index contributed by atoms with van der Waals surface area (Å²) in [5.41, 5.74) is 0.325. The van der Waals surface area contributed by atoms with Gasteiger partial charge in [-0.3, -0.25) is 9.59 Å². The van der Waals surface area contributed by atoms with Crippen molar-refractivity contribution in [3.63, 3.8) is 0 Å². The molecule has 2 aliphatic rings.